The number of fused-ring (bicyclic) bond motifs is 6. The van der Waals surface area contributed by atoms with Gasteiger partial charge in [0.15, 0.2) is 0 Å². The summed E-state index contributed by atoms with van der Waals surface area (Å²) in [5.41, 5.74) is 12.6. The molecule has 3 aromatic heterocycles. The molecular weight excluding hydrogens is 841 g/mol. The third-order valence-electron chi connectivity index (χ3n) is 15.4. The number of anilines is 1. The molecule has 8 heterocycles. The molecule has 1 aromatic carbocycles. The van der Waals surface area contributed by atoms with Gasteiger partial charge in [0.2, 0.25) is 5.91 Å². The van der Waals surface area contributed by atoms with Gasteiger partial charge in [0.25, 0.3) is 5.91 Å². The number of ether oxygens (including phenoxy) is 3. The van der Waals surface area contributed by atoms with Gasteiger partial charge in [-0.3, -0.25) is 29.3 Å². The number of nitrogens with zero attached hydrogens (tertiary/aromatic N) is 6. The highest BCUT2D eigenvalue weighted by molar-refractivity contribution is 7.10. The van der Waals surface area contributed by atoms with Gasteiger partial charge in [-0.1, -0.05) is 27.7 Å². The van der Waals surface area contributed by atoms with Crippen molar-refractivity contribution < 1.29 is 28.6 Å². The van der Waals surface area contributed by atoms with Crippen molar-refractivity contribution in [3.8, 4) is 22.5 Å². The van der Waals surface area contributed by atoms with E-state index >= 15 is 0 Å². The molecule has 0 radical (unpaired) electrons. The fraction of sp³-hybridized carbons (Fsp3) is 0.620. The average molecular weight is 907 g/mol. The van der Waals surface area contributed by atoms with Crippen molar-refractivity contribution in [2.45, 2.75) is 117 Å². The van der Waals surface area contributed by atoms with Crippen LogP contribution in [0.5, 0.6) is 0 Å². The second kappa shape index (κ2) is 18.0. The molecule has 65 heavy (non-hydrogen) atoms. The van der Waals surface area contributed by atoms with Crippen LogP contribution in [-0.4, -0.2) is 120 Å². The first-order chi connectivity index (χ1) is 31.4. The Morgan fingerprint density at radius 1 is 1.02 bits per heavy atom. The van der Waals surface area contributed by atoms with Gasteiger partial charge in [0, 0.05) is 105 Å². The Kier molecular flexibility index (Phi) is 12.3. The van der Waals surface area contributed by atoms with Crippen LogP contribution < -0.4 is 15.6 Å². The maximum atomic E-state index is 14.3. The van der Waals surface area contributed by atoms with E-state index in [1.807, 2.05) is 6.20 Å². The largest absolute Gasteiger partial charge is 0.464 e. The minimum absolute atomic E-state index is 0.105. The molecular formula is C50H66N8O6S. The SMILES string of the molecule is CO[C@@H](C)c1ncc(N2CCN(C3CCOCC3)CC2)cc1-c1c2c3cc(cc4c3n1CCC4)-c1csc(n1)C[C@H](NC(=O)C1[C@@H](C)[C@H]1C)C(=O)N1CCC[C@H](N1)C(=O)OCC(C)(C)C2. The zero-order valence-corrected chi connectivity index (χ0v) is 39.8. The molecule has 15 heteroatoms. The number of thiazole rings is 1. The van der Waals surface area contributed by atoms with E-state index in [1.165, 1.54) is 38.4 Å². The monoisotopic (exact) mass is 906 g/mol. The first-order valence-corrected chi connectivity index (χ1v) is 25.0. The first kappa shape index (κ1) is 44.4. The van der Waals surface area contributed by atoms with Crippen LogP contribution in [0.15, 0.2) is 29.8 Å². The van der Waals surface area contributed by atoms with E-state index in [1.54, 1.807) is 7.11 Å². The molecule has 4 fully saturated rings. The third kappa shape index (κ3) is 8.72. The van der Waals surface area contributed by atoms with Gasteiger partial charge < -0.3 is 29.0 Å². The molecule has 6 aliphatic rings. The van der Waals surface area contributed by atoms with Crippen molar-refractivity contribution in [2.24, 2.45) is 23.2 Å². The number of hydrazine groups is 1. The molecule has 14 nitrogen and oxygen atoms in total. The van der Waals surface area contributed by atoms with Crippen molar-refractivity contribution in [1.29, 1.82) is 0 Å². The Labute approximate surface area is 386 Å². The van der Waals surface area contributed by atoms with Gasteiger partial charge in [-0.05, 0) is 93.0 Å². The number of esters is 1. The highest BCUT2D eigenvalue weighted by Crippen LogP contribution is 2.47. The number of hydrogen-bond acceptors (Lipinski definition) is 12. The topological polar surface area (TPSA) is 143 Å². The second-order valence-corrected chi connectivity index (χ2v) is 21.3. The smallest absolute Gasteiger partial charge is 0.324 e. The van der Waals surface area contributed by atoms with Crippen LogP contribution in [-0.2, 0) is 54.4 Å². The highest BCUT2D eigenvalue weighted by Gasteiger charge is 2.49. The fourth-order valence-corrected chi connectivity index (χ4v) is 12.2. The van der Waals surface area contributed by atoms with Crippen LogP contribution in [0.4, 0.5) is 5.69 Å². The minimum Gasteiger partial charge on any atom is -0.464 e. The number of amides is 2. The van der Waals surface area contributed by atoms with Gasteiger partial charge >= 0.3 is 5.97 Å². The predicted molar refractivity (Wildman–Crippen MR) is 251 cm³/mol. The van der Waals surface area contributed by atoms with Crippen molar-refractivity contribution in [3.63, 3.8) is 0 Å². The number of piperazine rings is 1. The van der Waals surface area contributed by atoms with Crippen molar-refractivity contribution in [1.82, 2.24) is 35.2 Å². The summed E-state index contributed by atoms with van der Waals surface area (Å²) in [6.45, 7) is 17.7. The summed E-state index contributed by atoms with van der Waals surface area (Å²) in [5, 5.41) is 8.67. The average Bonchev–Trinajstić information content (AvgIpc) is 3.57. The Bertz CT molecular complexity index is 2440. The lowest BCUT2D eigenvalue weighted by molar-refractivity contribution is -0.155. The Morgan fingerprint density at radius 3 is 2.55 bits per heavy atom. The summed E-state index contributed by atoms with van der Waals surface area (Å²) in [5.74, 6) is -0.339. The molecule has 0 spiro atoms. The Balaban J connectivity index is 1.07. The molecule has 4 aromatic rings. The standard InChI is InChI=1S/C50H66N8O6S/c1-29-30(2)43(29)47(59)53-40-24-42-52-41(27-65-42)33-21-32-9-7-13-57-45(32)36(22-33)38(25-50(4,5)28-64-49(61)39-10-8-14-58(54-39)48(40)60)46(57)37-23-35(26-51-44(37)31(3)62-6)56-17-15-55(16-18-56)34-11-19-63-20-12-34/h21-23,26-27,29-31,34,39-40,43,54H,7-20,24-25,28H2,1-6H3,(H,53,59)/t29-,30+,31-,39-,40-,43?/m0/s1. The molecule has 5 aliphatic heterocycles. The van der Waals surface area contributed by atoms with Gasteiger partial charge in [-0.2, -0.15) is 0 Å². The van der Waals surface area contributed by atoms with E-state index in [-0.39, 0.29) is 54.7 Å². The van der Waals surface area contributed by atoms with Crippen LogP contribution in [0.1, 0.15) is 94.7 Å². The van der Waals surface area contributed by atoms with Crippen molar-refractivity contribution in [3.05, 3.63) is 51.6 Å². The number of cyclic esters (lactones) is 1. The number of pyridine rings is 1. The molecule has 6 atom stereocenters. The van der Waals surface area contributed by atoms with E-state index in [9.17, 15) is 14.4 Å². The van der Waals surface area contributed by atoms with Crippen molar-refractivity contribution in [2.75, 3.05) is 64.6 Å². The summed E-state index contributed by atoms with van der Waals surface area (Å²) in [6.07, 6.45) is 7.98. The minimum atomic E-state index is -0.836. The predicted octanol–water partition coefficient (Wildman–Crippen LogP) is 6.33. The lowest BCUT2D eigenvalue weighted by Gasteiger charge is -2.41. The van der Waals surface area contributed by atoms with Crippen LogP contribution in [0.25, 0.3) is 33.4 Å². The van der Waals surface area contributed by atoms with Crippen molar-refractivity contribution >= 4 is 45.7 Å². The third-order valence-corrected chi connectivity index (χ3v) is 16.3. The lowest BCUT2D eigenvalue weighted by Crippen LogP contribution is -2.60. The van der Waals surface area contributed by atoms with E-state index in [0.717, 1.165) is 111 Å². The molecule has 2 amide bonds. The number of methoxy groups -OCH3 is 1. The number of benzene rings is 1. The second-order valence-electron chi connectivity index (χ2n) is 20.4. The Hall–Kier alpha value is -4.41. The van der Waals surface area contributed by atoms with E-state index < -0.39 is 17.5 Å². The van der Waals surface area contributed by atoms with Crippen LogP contribution in [0.3, 0.4) is 0 Å². The molecule has 2 N–H and O–H groups in total. The zero-order valence-electron chi connectivity index (χ0n) is 39.0. The number of carbonyl (C=O) groups excluding carboxylic acids is 3. The number of hydrogen-bond donors (Lipinski definition) is 2. The lowest BCUT2D eigenvalue weighted by atomic mass is 9.84. The summed E-state index contributed by atoms with van der Waals surface area (Å²) in [7, 11) is 1.75. The maximum Gasteiger partial charge on any atom is 0.324 e. The van der Waals surface area contributed by atoms with Gasteiger partial charge in [0.1, 0.15) is 12.1 Å². The highest BCUT2D eigenvalue weighted by atomic mass is 32.1. The van der Waals surface area contributed by atoms with Crippen LogP contribution in [0, 0.1) is 23.2 Å². The normalized spacial score (nSPS) is 27.0. The quantitative estimate of drug-likeness (QED) is 0.201. The number of nitrogens with one attached hydrogen (secondary N) is 2. The molecule has 3 saturated heterocycles. The molecule has 6 bridgehead atoms. The maximum absolute atomic E-state index is 14.3. The Morgan fingerprint density at radius 2 is 1.80 bits per heavy atom. The van der Waals surface area contributed by atoms with Gasteiger partial charge in [-0.15, -0.1) is 11.3 Å². The molecule has 1 unspecified atom stereocenters. The summed E-state index contributed by atoms with van der Waals surface area (Å²) >= 11 is 1.52. The van der Waals surface area contributed by atoms with Gasteiger partial charge in [-0.25, -0.2) is 10.4 Å². The van der Waals surface area contributed by atoms with E-state index in [2.05, 4.69) is 83.3 Å². The first-order valence-electron chi connectivity index (χ1n) is 24.1. The van der Waals surface area contributed by atoms with Crippen LogP contribution >= 0.6 is 11.3 Å². The number of rotatable bonds is 7. The summed E-state index contributed by atoms with van der Waals surface area (Å²) < 4.78 is 20.5. The van der Waals surface area contributed by atoms with E-state index in [4.69, 9.17) is 24.2 Å². The zero-order chi connectivity index (χ0) is 45.1. The van der Waals surface area contributed by atoms with Gasteiger partial charge in [0.05, 0.1) is 52.2 Å². The van der Waals surface area contributed by atoms with Crippen LogP contribution in [0.2, 0.25) is 0 Å². The fourth-order valence-electron chi connectivity index (χ4n) is 11.3. The molecule has 1 aliphatic carbocycles. The number of carbonyl (C=O) groups is 3. The molecule has 1 saturated carbocycles. The molecule has 10 rings (SSSR count). The number of aryl methyl sites for hydroxylation is 2. The van der Waals surface area contributed by atoms with E-state index in [0.29, 0.717) is 31.8 Å². The number of aromatic nitrogens is 3. The summed E-state index contributed by atoms with van der Waals surface area (Å²) in [4.78, 5) is 57.4. The summed E-state index contributed by atoms with van der Waals surface area (Å²) in [6, 6.07) is 6.03. The molecule has 348 valence electrons.